The van der Waals surface area contributed by atoms with Crippen molar-refractivity contribution in [2.75, 3.05) is 43.4 Å². The SMILES string of the molecule is Cc1cc2c(N3CCN(C(=O)OC(C)(C)C)C[C@@H]3C)nc(=O)n3c2c(c1-c1ccc(F)cc1F)SC[C@@H]3CC1CCNCC1. The Morgan fingerprint density at radius 2 is 1.91 bits per heavy atom. The maximum Gasteiger partial charge on any atom is 0.410 e. The predicted octanol–water partition coefficient (Wildman–Crippen LogP) is 6.13. The van der Waals surface area contributed by atoms with Crippen LogP contribution in [0.15, 0.2) is 34.0 Å². The molecule has 0 aliphatic carbocycles. The van der Waals surface area contributed by atoms with Gasteiger partial charge >= 0.3 is 11.8 Å². The van der Waals surface area contributed by atoms with Gasteiger partial charge in [0.15, 0.2) is 0 Å². The van der Waals surface area contributed by atoms with Crippen molar-refractivity contribution in [1.29, 1.82) is 0 Å². The van der Waals surface area contributed by atoms with Crippen LogP contribution in [0.1, 0.15) is 58.6 Å². The molecule has 6 rings (SSSR count). The number of rotatable bonds is 4. The van der Waals surface area contributed by atoms with E-state index in [1.165, 1.54) is 12.1 Å². The highest BCUT2D eigenvalue weighted by atomic mass is 32.2. The summed E-state index contributed by atoms with van der Waals surface area (Å²) in [5.74, 6) is 0.505. The number of carbonyl (C=O) groups is 1. The van der Waals surface area contributed by atoms with Crippen molar-refractivity contribution in [3.05, 3.63) is 51.9 Å². The number of amides is 1. The predicted molar refractivity (Wildman–Crippen MR) is 171 cm³/mol. The smallest absolute Gasteiger partial charge is 0.410 e. The number of carbonyl (C=O) groups excluding carboxylic acids is 1. The second kappa shape index (κ2) is 12.0. The molecule has 4 heterocycles. The van der Waals surface area contributed by atoms with Crippen molar-refractivity contribution in [2.24, 2.45) is 5.92 Å². The molecule has 2 fully saturated rings. The fraction of sp³-hybridized carbons (Fsp3) is 0.545. The van der Waals surface area contributed by atoms with Gasteiger partial charge in [-0.25, -0.2) is 18.4 Å². The van der Waals surface area contributed by atoms with E-state index in [0.717, 1.165) is 59.8 Å². The van der Waals surface area contributed by atoms with Crippen LogP contribution in [0.5, 0.6) is 0 Å². The average Bonchev–Trinajstić information content (AvgIpc) is 2.95. The quantitative estimate of drug-likeness (QED) is 0.374. The van der Waals surface area contributed by atoms with Gasteiger partial charge in [0.05, 0.1) is 5.52 Å². The van der Waals surface area contributed by atoms with Crippen molar-refractivity contribution >= 4 is 34.6 Å². The number of piperidine rings is 1. The van der Waals surface area contributed by atoms with Gasteiger partial charge in [0, 0.05) is 64.9 Å². The van der Waals surface area contributed by atoms with Crippen molar-refractivity contribution in [3.8, 4) is 11.1 Å². The molecule has 0 unspecified atom stereocenters. The molecule has 236 valence electrons. The number of aryl methyl sites for hydroxylation is 1. The van der Waals surface area contributed by atoms with E-state index in [9.17, 15) is 14.0 Å². The molecule has 2 saturated heterocycles. The van der Waals surface area contributed by atoms with Crippen LogP contribution in [0.3, 0.4) is 0 Å². The van der Waals surface area contributed by atoms with Gasteiger partial charge in [-0.15, -0.1) is 11.8 Å². The number of hydrogen-bond donors (Lipinski definition) is 1. The van der Waals surface area contributed by atoms with Gasteiger partial charge in [0.25, 0.3) is 0 Å². The molecule has 8 nitrogen and oxygen atoms in total. The minimum Gasteiger partial charge on any atom is -0.444 e. The van der Waals surface area contributed by atoms with Crippen molar-refractivity contribution in [2.45, 2.75) is 76.5 Å². The molecule has 0 spiro atoms. The number of aromatic nitrogens is 2. The summed E-state index contributed by atoms with van der Waals surface area (Å²) in [6.07, 6.45) is 2.66. The Morgan fingerprint density at radius 3 is 2.59 bits per heavy atom. The van der Waals surface area contributed by atoms with E-state index in [1.54, 1.807) is 16.7 Å². The van der Waals surface area contributed by atoms with E-state index >= 15 is 4.39 Å². The first kappa shape index (κ1) is 30.8. The second-order valence-corrected chi connectivity index (χ2v) is 14.4. The average molecular weight is 626 g/mol. The maximum absolute atomic E-state index is 15.3. The van der Waals surface area contributed by atoms with Crippen LogP contribution >= 0.6 is 11.8 Å². The van der Waals surface area contributed by atoms with Crippen molar-refractivity contribution in [3.63, 3.8) is 0 Å². The van der Waals surface area contributed by atoms with Crippen LogP contribution in [-0.2, 0) is 4.74 Å². The Kier molecular flexibility index (Phi) is 8.38. The molecule has 0 saturated carbocycles. The zero-order chi connectivity index (χ0) is 31.3. The second-order valence-electron chi connectivity index (χ2n) is 13.4. The Hall–Kier alpha value is -3.18. The molecule has 1 amide bonds. The number of piperazine rings is 1. The number of nitrogens with zero attached hydrogens (tertiary/aromatic N) is 4. The molecule has 2 atom stereocenters. The third kappa shape index (κ3) is 5.92. The highest BCUT2D eigenvalue weighted by Gasteiger charge is 2.35. The summed E-state index contributed by atoms with van der Waals surface area (Å²) in [5.41, 5.74) is 1.70. The zero-order valence-electron chi connectivity index (χ0n) is 26.1. The number of anilines is 1. The Morgan fingerprint density at radius 1 is 1.16 bits per heavy atom. The van der Waals surface area contributed by atoms with E-state index in [0.29, 0.717) is 48.2 Å². The summed E-state index contributed by atoms with van der Waals surface area (Å²) in [6, 6.07) is 5.51. The topological polar surface area (TPSA) is 79.7 Å². The molecule has 0 radical (unpaired) electrons. The highest BCUT2D eigenvalue weighted by Crippen LogP contribution is 2.47. The van der Waals surface area contributed by atoms with Gasteiger partial charge in [-0.2, -0.15) is 4.98 Å². The Labute approximate surface area is 261 Å². The lowest BCUT2D eigenvalue weighted by molar-refractivity contribution is 0.0218. The molecule has 3 aromatic rings. The lowest BCUT2D eigenvalue weighted by atomic mass is 9.91. The van der Waals surface area contributed by atoms with E-state index in [1.807, 2.05) is 45.3 Å². The number of benzene rings is 2. The zero-order valence-corrected chi connectivity index (χ0v) is 26.9. The lowest BCUT2D eigenvalue weighted by Gasteiger charge is -2.41. The molecule has 2 aromatic carbocycles. The van der Waals surface area contributed by atoms with Crippen molar-refractivity contribution in [1.82, 2.24) is 19.8 Å². The van der Waals surface area contributed by atoms with Gasteiger partial charge in [0.2, 0.25) is 0 Å². The first-order chi connectivity index (χ1) is 20.9. The van der Waals surface area contributed by atoms with Crippen molar-refractivity contribution < 1.29 is 18.3 Å². The maximum atomic E-state index is 15.3. The summed E-state index contributed by atoms with van der Waals surface area (Å²) >= 11 is 1.65. The van der Waals surface area contributed by atoms with Gasteiger partial charge in [-0.1, -0.05) is 0 Å². The van der Waals surface area contributed by atoms with E-state index in [4.69, 9.17) is 9.72 Å². The minimum atomic E-state index is -0.629. The Balaban J connectivity index is 1.46. The largest absolute Gasteiger partial charge is 0.444 e. The van der Waals surface area contributed by atoms with E-state index < -0.39 is 17.2 Å². The first-order valence-electron chi connectivity index (χ1n) is 15.5. The van der Waals surface area contributed by atoms with Crippen LogP contribution in [0.25, 0.3) is 22.0 Å². The number of nitrogens with one attached hydrogen (secondary N) is 1. The van der Waals surface area contributed by atoms with Gasteiger partial charge < -0.3 is 19.9 Å². The van der Waals surface area contributed by atoms with E-state index in [-0.39, 0.29) is 23.9 Å². The third-order valence-corrected chi connectivity index (χ3v) is 10.2. The molecule has 3 aliphatic rings. The summed E-state index contributed by atoms with van der Waals surface area (Å²) in [4.78, 5) is 36.2. The summed E-state index contributed by atoms with van der Waals surface area (Å²) in [5, 5.41) is 4.26. The molecule has 1 aromatic heterocycles. The van der Waals surface area contributed by atoms with Gasteiger partial charge in [-0.05, 0) is 96.7 Å². The third-order valence-electron chi connectivity index (χ3n) is 8.94. The molecule has 1 N–H and O–H groups in total. The molecular formula is C33H41F2N5O3S. The fourth-order valence-corrected chi connectivity index (χ4v) is 8.31. The standard InChI is InChI=1S/C33H41F2N5O3S/c1-19-14-25-28-29(27(19)24-7-6-22(34)16-26(24)35)44-18-23(15-21-8-10-36-11-9-21)40(28)31(41)37-30(25)39-13-12-38(17-20(39)2)32(42)43-33(3,4)5/h6-7,14,16,20-21,23,36H,8-13,15,17-18H2,1-5H3/t20-,23-/m0/s1. The monoisotopic (exact) mass is 625 g/mol. The summed E-state index contributed by atoms with van der Waals surface area (Å²) in [6.45, 7) is 12.8. The lowest BCUT2D eigenvalue weighted by Crippen LogP contribution is -2.55. The van der Waals surface area contributed by atoms with Crippen LogP contribution in [0.4, 0.5) is 19.4 Å². The summed E-state index contributed by atoms with van der Waals surface area (Å²) < 4.78 is 36.6. The summed E-state index contributed by atoms with van der Waals surface area (Å²) in [7, 11) is 0. The number of halogens is 2. The van der Waals surface area contributed by atoms with Crippen LogP contribution in [0, 0.1) is 24.5 Å². The normalized spacial score (nSPS) is 21.2. The molecule has 3 aliphatic heterocycles. The van der Waals surface area contributed by atoms with Gasteiger partial charge in [-0.3, -0.25) is 4.57 Å². The number of thioether (sulfide) groups is 1. The number of ether oxygens (including phenoxy) is 1. The number of hydrogen-bond acceptors (Lipinski definition) is 7. The van der Waals surface area contributed by atoms with Gasteiger partial charge in [0.1, 0.15) is 23.1 Å². The van der Waals surface area contributed by atoms with Crippen LogP contribution in [0.2, 0.25) is 0 Å². The van der Waals surface area contributed by atoms with E-state index in [2.05, 4.69) is 10.2 Å². The molecule has 0 bridgehead atoms. The molecular weight excluding hydrogens is 584 g/mol. The Bertz CT molecular complexity index is 1650. The molecule has 44 heavy (non-hydrogen) atoms. The minimum absolute atomic E-state index is 0.0396. The molecule has 11 heteroatoms. The highest BCUT2D eigenvalue weighted by molar-refractivity contribution is 7.99. The van der Waals surface area contributed by atoms with Crippen LogP contribution < -0.4 is 15.9 Å². The van der Waals surface area contributed by atoms with Crippen LogP contribution in [-0.4, -0.2) is 70.7 Å². The first-order valence-corrected chi connectivity index (χ1v) is 16.5. The fourth-order valence-electron chi connectivity index (χ4n) is 6.91.